The Balaban J connectivity index is 4.59. The lowest BCUT2D eigenvalue weighted by Gasteiger charge is -2.21. The molecule has 0 aromatic heterocycles. The minimum absolute atomic E-state index is 0.287. The zero-order chi connectivity index (χ0) is 15.8. The van der Waals surface area contributed by atoms with E-state index in [0.29, 0.717) is 6.42 Å². The Morgan fingerprint density at radius 3 is 2.00 bits per heavy atom. The molecular weight excluding hydrogens is 258 g/mol. The van der Waals surface area contributed by atoms with Crippen LogP contribution >= 0.6 is 0 Å². The first-order chi connectivity index (χ1) is 9.13. The average Bonchev–Trinajstić information content (AvgIpc) is 2.33. The Bertz CT molecular complexity index is 521. The third kappa shape index (κ3) is 7.09. The molecule has 0 aromatic carbocycles. The van der Waals surface area contributed by atoms with Crippen LogP contribution in [0.1, 0.15) is 40.5 Å². The molecule has 0 radical (unpaired) electrons. The van der Waals surface area contributed by atoms with Gasteiger partial charge in [-0.25, -0.2) is 9.59 Å². The van der Waals surface area contributed by atoms with Gasteiger partial charge in [0, 0.05) is 12.8 Å². The maximum absolute atomic E-state index is 11.6. The number of nitrogens with zero attached hydrogens (tertiary/aromatic N) is 1. The summed E-state index contributed by atoms with van der Waals surface area (Å²) in [5, 5.41) is 8.36. The molecule has 0 rings (SSSR count). The summed E-state index contributed by atoms with van der Waals surface area (Å²) in [4.78, 5) is 23.0. The van der Waals surface area contributed by atoms with E-state index in [1.54, 1.807) is 0 Å². The van der Waals surface area contributed by atoms with Gasteiger partial charge in [0.2, 0.25) is 0 Å². The van der Waals surface area contributed by atoms with Crippen LogP contribution in [0, 0.1) is 35.5 Å². The molecule has 0 aromatic rings. The van der Waals surface area contributed by atoms with Crippen LogP contribution in [-0.2, 0) is 19.1 Å². The van der Waals surface area contributed by atoms with Gasteiger partial charge in [0.05, 0.1) is 6.07 Å². The molecule has 0 aliphatic heterocycles. The number of rotatable bonds is 3. The van der Waals surface area contributed by atoms with Crippen LogP contribution in [-0.4, -0.2) is 23.1 Å². The first kappa shape index (κ1) is 17.6. The predicted octanol–water partition coefficient (Wildman–Crippen LogP) is 1.57. The van der Waals surface area contributed by atoms with Crippen molar-refractivity contribution < 1.29 is 19.1 Å². The molecular formula is C15H17NO4. The van der Waals surface area contributed by atoms with Gasteiger partial charge in [0.1, 0.15) is 0 Å². The van der Waals surface area contributed by atoms with Crippen LogP contribution in [0.4, 0.5) is 0 Å². The maximum Gasteiger partial charge on any atom is 0.419 e. The van der Waals surface area contributed by atoms with Crippen LogP contribution in [0.25, 0.3) is 0 Å². The van der Waals surface area contributed by atoms with Crippen molar-refractivity contribution in [3.05, 3.63) is 0 Å². The fraction of sp³-hybridized carbons (Fsp3) is 0.533. The molecule has 0 atom stereocenters. The molecule has 106 valence electrons. The summed E-state index contributed by atoms with van der Waals surface area (Å²) >= 11 is 0. The van der Waals surface area contributed by atoms with E-state index >= 15 is 0 Å². The molecule has 20 heavy (non-hydrogen) atoms. The number of carbonyl (C=O) groups is 2. The van der Waals surface area contributed by atoms with Gasteiger partial charge in [-0.2, -0.15) is 5.26 Å². The highest BCUT2D eigenvalue weighted by Gasteiger charge is 2.30. The molecule has 0 unspecified atom stereocenters. The number of terminal acetylenes is 1. The largest absolute Gasteiger partial charge is 0.438 e. The Morgan fingerprint density at radius 1 is 1.05 bits per heavy atom. The summed E-state index contributed by atoms with van der Waals surface area (Å²) in [7, 11) is 0. The van der Waals surface area contributed by atoms with Gasteiger partial charge < -0.3 is 9.47 Å². The van der Waals surface area contributed by atoms with Gasteiger partial charge in [-0.05, 0) is 27.7 Å². The first-order valence-electron chi connectivity index (χ1n) is 5.94. The standard InChI is InChI=1S/C15H17NO4/c1-6-14(2,3)19-12(17)13(18)20-15(4,5)10-8-7-9-11-16/h1H,7,9H2,2-5H3. The SMILES string of the molecule is C#CC(C)(C)OC(=O)C(=O)OC(C)(C)C#CCCC#N. The number of esters is 2. The van der Waals surface area contributed by atoms with E-state index < -0.39 is 23.1 Å². The van der Waals surface area contributed by atoms with Gasteiger partial charge in [0.25, 0.3) is 0 Å². The Labute approximate surface area is 119 Å². The molecule has 0 spiro atoms. The van der Waals surface area contributed by atoms with Crippen molar-refractivity contribution in [2.24, 2.45) is 0 Å². The van der Waals surface area contributed by atoms with Gasteiger partial charge >= 0.3 is 11.9 Å². The van der Waals surface area contributed by atoms with Crippen molar-refractivity contribution in [2.45, 2.75) is 51.7 Å². The third-order valence-electron chi connectivity index (χ3n) is 1.96. The fourth-order valence-electron chi connectivity index (χ4n) is 0.996. The van der Waals surface area contributed by atoms with Crippen molar-refractivity contribution in [2.75, 3.05) is 0 Å². The summed E-state index contributed by atoms with van der Waals surface area (Å²) in [5.41, 5.74) is -2.33. The van der Waals surface area contributed by atoms with E-state index in [1.165, 1.54) is 27.7 Å². The number of nitriles is 1. The summed E-state index contributed by atoms with van der Waals surface area (Å²) in [6.45, 7) is 6.02. The highest BCUT2D eigenvalue weighted by molar-refractivity contribution is 6.30. The van der Waals surface area contributed by atoms with Gasteiger partial charge in [-0.1, -0.05) is 17.8 Å². The molecule has 5 heteroatoms. The van der Waals surface area contributed by atoms with E-state index in [9.17, 15) is 9.59 Å². The molecule has 0 saturated carbocycles. The maximum atomic E-state index is 11.6. The Kier molecular flexibility index (Phi) is 6.33. The summed E-state index contributed by atoms with van der Waals surface area (Å²) < 4.78 is 9.73. The Hall–Kier alpha value is -2.45. The highest BCUT2D eigenvalue weighted by atomic mass is 16.6. The van der Waals surface area contributed by atoms with Crippen molar-refractivity contribution in [3.63, 3.8) is 0 Å². The van der Waals surface area contributed by atoms with Crippen LogP contribution in [0.3, 0.4) is 0 Å². The number of hydrogen-bond acceptors (Lipinski definition) is 5. The van der Waals surface area contributed by atoms with Crippen molar-refractivity contribution in [1.29, 1.82) is 5.26 Å². The quantitative estimate of drug-likeness (QED) is 0.338. The minimum atomic E-state index is -1.18. The number of carbonyl (C=O) groups excluding carboxylic acids is 2. The monoisotopic (exact) mass is 275 g/mol. The topological polar surface area (TPSA) is 76.4 Å². The average molecular weight is 275 g/mol. The fourth-order valence-corrected chi connectivity index (χ4v) is 0.996. The number of ether oxygens (including phenoxy) is 2. The van der Waals surface area contributed by atoms with Crippen LogP contribution in [0.15, 0.2) is 0 Å². The molecule has 5 nitrogen and oxygen atoms in total. The van der Waals surface area contributed by atoms with Gasteiger partial charge in [-0.3, -0.25) is 0 Å². The summed E-state index contributed by atoms with van der Waals surface area (Å²) in [5.74, 6) is 5.26. The van der Waals surface area contributed by atoms with E-state index in [-0.39, 0.29) is 6.42 Å². The smallest absolute Gasteiger partial charge is 0.419 e. The molecule has 0 bridgehead atoms. The second-order valence-corrected chi connectivity index (χ2v) is 4.90. The molecule has 0 aliphatic rings. The second-order valence-electron chi connectivity index (χ2n) is 4.90. The number of unbranched alkanes of at least 4 members (excludes halogenated alkanes) is 1. The first-order valence-corrected chi connectivity index (χ1v) is 5.94. The molecule has 0 amide bonds. The predicted molar refractivity (Wildman–Crippen MR) is 71.8 cm³/mol. The third-order valence-corrected chi connectivity index (χ3v) is 1.96. The zero-order valence-corrected chi connectivity index (χ0v) is 12.1. The van der Waals surface area contributed by atoms with E-state index in [4.69, 9.17) is 21.2 Å². The van der Waals surface area contributed by atoms with Crippen molar-refractivity contribution in [1.82, 2.24) is 0 Å². The van der Waals surface area contributed by atoms with E-state index in [2.05, 4.69) is 17.8 Å². The molecule has 0 heterocycles. The second kappa shape index (κ2) is 7.22. The molecule has 0 fully saturated rings. The minimum Gasteiger partial charge on any atom is -0.438 e. The van der Waals surface area contributed by atoms with Gasteiger partial charge in [0.15, 0.2) is 11.2 Å². The molecule has 0 aliphatic carbocycles. The van der Waals surface area contributed by atoms with Crippen LogP contribution < -0.4 is 0 Å². The van der Waals surface area contributed by atoms with Crippen LogP contribution in [0.5, 0.6) is 0 Å². The van der Waals surface area contributed by atoms with Crippen molar-refractivity contribution >= 4 is 11.9 Å². The Morgan fingerprint density at radius 2 is 1.55 bits per heavy atom. The highest BCUT2D eigenvalue weighted by Crippen LogP contribution is 2.12. The van der Waals surface area contributed by atoms with E-state index in [1.807, 2.05) is 6.07 Å². The number of hydrogen-bond donors (Lipinski definition) is 0. The summed E-state index contributed by atoms with van der Waals surface area (Å²) in [6.07, 6.45) is 5.80. The van der Waals surface area contributed by atoms with Crippen LogP contribution in [0.2, 0.25) is 0 Å². The van der Waals surface area contributed by atoms with Gasteiger partial charge in [-0.15, -0.1) is 6.42 Å². The zero-order valence-electron chi connectivity index (χ0n) is 12.1. The normalized spacial score (nSPS) is 10.3. The lowest BCUT2D eigenvalue weighted by molar-refractivity contribution is -0.177. The molecule has 0 saturated heterocycles. The van der Waals surface area contributed by atoms with Crippen molar-refractivity contribution in [3.8, 4) is 30.3 Å². The summed E-state index contributed by atoms with van der Waals surface area (Å²) in [6, 6.07) is 1.94. The molecule has 0 N–H and O–H groups in total. The lowest BCUT2D eigenvalue weighted by atomic mass is 10.1. The lowest BCUT2D eigenvalue weighted by Crippen LogP contribution is -2.36. The van der Waals surface area contributed by atoms with E-state index in [0.717, 1.165) is 0 Å².